The van der Waals surface area contributed by atoms with Crippen LogP contribution in [0.1, 0.15) is 5.69 Å². The van der Waals surface area contributed by atoms with Crippen LogP contribution in [-0.4, -0.2) is 7.76 Å². The molecule has 0 bridgehead atoms. The first kappa shape index (κ1) is 12.1. The highest BCUT2D eigenvalue weighted by molar-refractivity contribution is 14.1. The van der Waals surface area contributed by atoms with E-state index in [1.54, 1.807) is 0 Å². The number of nitrogens with zero attached hydrogens (tertiary/aromatic N) is 2. The minimum Gasteiger partial charge on any atom is -0.273 e. The molecule has 0 saturated heterocycles. The monoisotopic (exact) mass is 636 g/mol. The van der Waals surface area contributed by atoms with Gasteiger partial charge < -0.3 is 0 Å². The molecule has 14 heavy (non-hydrogen) atoms. The molecule has 0 unspecified atom stereocenters. The fourth-order valence-corrected chi connectivity index (χ4v) is 5.03. The first-order valence-corrected chi connectivity index (χ1v) is 7.91. The molecule has 0 aliphatic carbocycles. The number of aryl methyl sites for hydroxylation is 1. The fourth-order valence-electron chi connectivity index (χ4n) is 1.28. The quantitative estimate of drug-likeness (QED) is 0.311. The summed E-state index contributed by atoms with van der Waals surface area (Å²) in [4.78, 5) is 4.47. The highest BCUT2D eigenvalue weighted by Crippen LogP contribution is 2.32. The zero-order chi connectivity index (χ0) is 10.5. The smallest absolute Gasteiger partial charge is 0.126 e. The van der Waals surface area contributed by atoms with Crippen LogP contribution in [0, 0.1) is 17.9 Å². The van der Waals surface area contributed by atoms with E-state index in [9.17, 15) is 0 Å². The second kappa shape index (κ2) is 4.47. The maximum Gasteiger partial charge on any atom is 0.126 e. The van der Waals surface area contributed by atoms with Crippen LogP contribution in [0.15, 0.2) is 6.07 Å². The molecule has 74 valence electrons. The summed E-state index contributed by atoms with van der Waals surface area (Å²) in [5.41, 5.74) is 2.31. The topological polar surface area (TPSA) is 17.8 Å². The molecular weight excluding hydrogens is 632 g/mol. The lowest BCUT2D eigenvalue weighted by atomic mass is 10.3. The Morgan fingerprint density at radius 2 is 1.93 bits per heavy atom. The maximum absolute atomic E-state index is 4.47. The predicted molar refractivity (Wildman–Crippen MR) is 92.0 cm³/mol. The average molecular weight is 636 g/mol. The van der Waals surface area contributed by atoms with Gasteiger partial charge in [-0.05, 0) is 80.8 Å². The van der Waals surface area contributed by atoms with Crippen molar-refractivity contribution >= 4 is 102 Å². The van der Waals surface area contributed by atoms with Gasteiger partial charge in [0.15, 0.2) is 0 Å². The van der Waals surface area contributed by atoms with E-state index in [1.807, 2.05) is 6.92 Å². The molecule has 0 N–H and O–H groups in total. The number of hydrogen-bond acceptors (Lipinski definition) is 1. The summed E-state index contributed by atoms with van der Waals surface area (Å²) in [6.45, 7) is 2.04. The van der Waals surface area contributed by atoms with Gasteiger partial charge in [0.05, 0.1) is 32.0 Å². The molecule has 0 aromatic carbocycles. The van der Waals surface area contributed by atoms with Crippen molar-refractivity contribution in [2.75, 3.05) is 0 Å². The number of pyridine rings is 1. The van der Waals surface area contributed by atoms with Crippen molar-refractivity contribution in [2.24, 2.45) is 0 Å². The number of halogens is 4. The van der Waals surface area contributed by atoms with E-state index in [1.165, 1.54) is 18.2 Å². The van der Waals surface area contributed by atoms with Crippen LogP contribution >= 0.6 is 90.6 Å². The Bertz CT molecular complexity index is 518. The van der Waals surface area contributed by atoms with Crippen LogP contribution in [0.25, 0.3) is 10.9 Å². The van der Waals surface area contributed by atoms with Crippen molar-refractivity contribution in [1.82, 2.24) is 7.76 Å². The molecule has 6 heteroatoms. The van der Waals surface area contributed by atoms with Crippen LogP contribution in [0.3, 0.4) is 0 Å². The second-order valence-electron chi connectivity index (χ2n) is 2.84. The van der Waals surface area contributed by atoms with Gasteiger partial charge in [-0.15, -0.1) is 0 Å². The van der Waals surface area contributed by atoms with Gasteiger partial charge in [0.2, 0.25) is 0 Å². The van der Waals surface area contributed by atoms with Crippen molar-refractivity contribution in [1.29, 1.82) is 0 Å². The normalized spacial score (nSPS) is 11.2. The number of rotatable bonds is 0. The molecule has 0 radical (unpaired) electrons. The molecule has 2 heterocycles. The maximum atomic E-state index is 4.47. The van der Waals surface area contributed by atoms with Crippen LogP contribution < -0.4 is 0 Å². The molecule has 0 atom stereocenters. The van der Waals surface area contributed by atoms with Gasteiger partial charge >= 0.3 is 0 Å². The Kier molecular flexibility index (Phi) is 3.85. The third kappa shape index (κ3) is 1.92. The first-order valence-electron chi connectivity index (χ1n) is 3.71. The molecule has 2 rings (SSSR count). The zero-order valence-corrected chi connectivity index (χ0v) is 15.6. The molecule has 0 aliphatic heterocycles. The summed E-state index contributed by atoms with van der Waals surface area (Å²) in [6.07, 6.45) is 0. The lowest BCUT2D eigenvalue weighted by Crippen LogP contribution is -1.89. The molecule has 2 aromatic rings. The van der Waals surface area contributed by atoms with Gasteiger partial charge in [0, 0.05) is 11.1 Å². The third-order valence-corrected chi connectivity index (χ3v) is 7.65. The van der Waals surface area contributed by atoms with Crippen LogP contribution in [0.5, 0.6) is 0 Å². The number of fused-ring (bicyclic) bond motifs is 1. The summed E-state index contributed by atoms with van der Waals surface area (Å²) in [5.74, 6) is 0. The van der Waals surface area contributed by atoms with Crippen molar-refractivity contribution < 1.29 is 0 Å². The Labute approximate surface area is 137 Å². The van der Waals surface area contributed by atoms with Crippen LogP contribution in [0.2, 0.25) is 0 Å². The van der Waals surface area contributed by atoms with Crippen LogP contribution in [-0.2, 0) is 0 Å². The van der Waals surface area contributed by atoms with Gasteiger partial charge in [-0.1, -0.05) is 0 Å². The summed E-state index contributed by atoms with van der Waals surface area (Å²) in [6, 6.07) is 2.15. The van der Waals surface area contributed by atoms with E-state index < -0.39 is 0 Å². The van der Waals surface area contributed by atoms with E-state index in [-0.39, 0.29) is 0 Å². The van der Waals surface area contributed by atoms with Gasteiger partial charge in [-0.2, -0.15) is 0 Å². The number of hydrogen-bond donors (Lipinski definition) is 0. The lowest BCUT2D eigenvalue weighted by Gasteiger charge is -1.99. The SMILES string of the molecule is Cc1cc2c(I)c(I)n(I)c2c(I)n1. The Morgan fingerprint density at radius 1 is 1.29 bits per heavy atom. The van der Waals surface area contributed by atoms with Gasteiger partial charge in [0.25, 0.3) is 0 Å². The minimum atomic E-state index is 1.08. The van der Waals surface area contributed by atoms with E-state index in [2.05, 4.69) is 104 Å². The van der Waals surface area contributed by atoms with Crippen molar-refractivity contribution in [3.05, 3.63) is 22.7 Å². The highest BCUT2D eigenvalue weighted by Gasteiger charge is 2.15. The van der Waals surface area contributed by atoms with E-state index in [0.29, 0.717) is 0 Å². The Balaban J connectivity index is 3.02. The van der Waals surface area contributed by atoms with Crippen molar-refractivity contribution in [2.45, 2.75) is 6.92 Å². The molecule has 0 amide bonds. The van der Waals surface area contributed by atoms with Gasteiger partial charge in [-0.3, -0.25) is 2.78 Å². The minimum absolute atomic E-state index is 1.08. The van der Waals surface area contributed by atoms with Crippen molar-refractivity contribution in [3.63, 3.8) is 0 Å². The third-order valence-electron chi connectivity index (χ3n) is 1.86. The molecule has 0 fully saturated rings. The van der Waals surface area contributed by atoms with E-state index in [0.717, 1.165) is 9.39 Å². The van der Waals surface area contributed by atoms with E-state index in [4.69, 9.17) is 0 Å². The lowest BCUT2D eigenvalue weighted by molar-refractivity contribution is 1.18. The predicted octanol–water partition coefficient (Wildman–Crippen LogP) is 4.36. The summed E-state index contributed by atoms with van der Waals surface area (Å²) >= 11 is 9.38. The summed E-state index contributed by atoms with van der Waals surface area (Å²) < 4.78 is 5.83. The second-order valence-corrected chi connectivity index (χ2v) is 6.92. The van der Waals surface area contributed by atoms with Gasteiger partial charge in [-0.25, -0.2) is 4.98 Å². The standard InChI is InChI=1S/C8H4I4N2/c1-3-2-4-5(9)8(11)14(12)6(4)7(10)13-3/h2H,1H3. The van der Waals surface area contributed by atoms with Crippen LogP contribution in [0.4, 0.5) is 0 Å². The average Bonchev–Trinajstić information content (AvgIpc) is 2.31. The molecule has 0 saturated carbocycles. The molecule has 0 spiro atoms. The largest absolute Gasteiger partial charge is 0.273 e. The zero-order valence-electron chi connectivity index (χ0n) is 6.98. The molecular formula is C8H4I4N2. The highest BCUT2D eigenvalue weighted by atomic mass is 127. The fraction of sp³-hybridized carbons (Fsp3) is 0.125. The molecule has 0 aliphatic rings. The molecule has 2 aromatic heterocycles. The number of aromatic nitrogens is 2. The van der Waals surface area contributed by atoms with Crippen molar-refractivity contribution in [3.8, 4) is 0 Å². The summed E-state index contributed by atoms with van der Waals surface area (Å²) in [5, 5.41) is 1.31. The first-order chi connectivity index (χ1) is 6.52. The summed E-state index contributed by atoms with van der Waals surface area (Å²) in [7, 11) is 0. The Morgan fingerprint density at radius 3 is 2.57 bits per heavy atom. The van der Waals surface area contributed by atoms with E-state index >= 15 is 0 Å². The molecule has 2 nitrogen and oxygen atoms in total. The Hall–Kier alpha value is 1.61. The van der Waals surface area contributed by atoms with Gasteiger partial charge in [0.1, 0.15) is 7.40 Å².